The van der Waals surface area contributed by atoms with Crippen molar-refractivity contribution >= 4 is 17.3 Å². The highest BCUT2D eigenvalue weighted by atomic mass is 32.1. The van der Waals surface area contributed by atoms with Gasteiger partial charge in [-0.05, 0) is 35.9 Å². The molecule has 2 heterocycles. The number of thiophene rings is 1. The van der Waals surface area contributed by atoms with E-state index in [1.54, 1.807) is 11.3 Å². The van der Waals surface area contributed by atoms with E-state index >= 15 is 0 Å². The summed E-state index contributed by atoms with van der Waals surface area (Å²) in [5.41, 5.74) is 1.25. The van der Waals surface area contributed by atoms with Crippen LogP contribution in [0.3, 0.4) is 0 Å². The summed E-state index contributed by atoms with van der Waals surface area (Å²) >= 11 is 1.66. The monoisotopic (exact) mass is 211 g/mol. The van der Waals surface area contributed by atoms with Crippen molar-refractivity contribution in [2.45, 2.75) is 12.5 Å². The maximum Gasteiger partial charge on any atom is 0.307 e. The van der Waals surface area contributed by atoms with Crippen molar-refractivity contribution in [2.24, 2.45) is 5.92 Å². The van der Waals surface area contributed by atoms with Gasteiger partial charge in [0, 0.05) is 12.6 Å². The first-order valence-corrected chi connectivity index (χ1v) is 5.58. The molecule has 0 amide bonds. The van der Waals surface area contributed by atoms with Gasteiger partial charge in [0.05, 0.1) is 5.92 Å². The average molecular weight is 211 g/mol. The van der Waals surface area contributed by atoms with Gasteiger partial charge >= 0.3 is 5.97 Å². The minimum absolute atomic E-state index is 0.204. The molecule has 1 aliphatic rings. The van der Waals surface area contributed by atoms with Crippen molar-refractivity contribution in [1.82, 2.24) is 4.90 Å². The van der Waals surface area contributed by atoms with Crippen molar-refractivity contribution in [3.63, 3.8) is 0 Å². The molecule has 0 unspecified atom stereocenters. The van der Waals surface area contributed by atoms with Gasteiger partial charge in [-0.1, -0.05) is 0 Å². The van der Waals surface area contributed by atoms with E-state index in [0.717, 1.165) is 6.42 Å². The van der Waals surface area contributed by atoms with Gasteiger partial charge in [0.25, 0.3) is 0 Å². The highest BCUT2D eigenvalue weighted by Gasteiger charge is 2.34. The Kier molecular flexibility index (Phi) is 2.56. The molecule has 1 aromatic rings. The molecule has 2 rings (SSSR count). The van der Waals surface area contributed by atoms with Crippen LogP contribution in [0.25, 0.3) is 0 Å². The molecule has 1 saturated heterocycles. The van der Waals surface area contributed by atoms with Crippen LogP contribution >= 0.6 is 11.3 Å². The third-order valence-electron chi connectivity index (χ3n) is 2.83. The molecule has 0 aliphatic carbocycles. The lowest BCUT2D eigenvalue weighted by molar-refractivity contribution is -0.141. The van der Waals surface area contributed by atoms with Crippen LogP contribution in [0.4, 0.5) is 0 Å². The number of carbonyl (C=O) groups is 1. The molecule has 1 aromatic heterocycles. The van der Waals surface area contributed by atoms with Gasteiger partial charge < -0.3 is 5.11 Å². The third kappa shape index (κ3) is 1.67. The van der Waals surface area contributed by atoms with Crippen LogP contribution in [0.15, 0.2) is 16.8 Å². The number of hydrogen-bond acceptors (Lipinski definition) is 3. The van der Waals surface area contributed by atoms with Gasteiger partial charge in [-0.15, -0.1) is 0 Å². The van der Waals surface area contributed by atoms with Crippen LogP contribution in [0.1, 0.15) is 18.0 Å². The van der Waals surface area contributed by atoms with Crippen molar-refractivity contribution < 1.29 is 9.90 Å². The van der Waals surface area contributed by atoms with Gasteiger partial charge in [-0.25, -0.2) is 0 Å². The predicted octanol–water partition coefficient (Wildman–Crippen LogP) is 1.83. The van der Waals surface area contributed by atoms with E-state index in [-0.39, 0.29) is 5.92 Å². The molecule has 0 bridgehead atoms. The zero-order valence-electron chi connectivity index (χ0n) is 8.01. The summed E-state index contributed by atoms with van der Waals surface area (Å²) in [7, 11) is 1.99. The first-order chi connectivity index (χ1) is 6.68. The second-order valence-corrected chi connectivity index (χ2v) is 4.56. The van der Waals surface area contributed by atoms with Crippen molar-refractivity contribution in [1.29, 1.82) is 0 Å². The van der Waals surface area contributed by atoms with Crippen LogP contribution < -0.4 is 0 Å². The molecule has 0 saturated carbocycles. The first-order valence-electron chi connectivity index (χ1n) is 4.63. The van der Waals surface area contributed by atoms with Crippen LogP contribution in [0, 0.1) is 5.92 Å². The molecule has 0 radical (unpaired) electrons. The number of carboxylic acid groups (broad SMARTS) is 1. The Morgan fingerprint density at radius 1 is 1.71 bits per heavy atom. The normalized spacial score (nSPS) is 28.1. The second kappa shape index (κ2) is 3.71. The van der Waals surface area contributed by atoms with Gasteiger partial charge in [0.1, 0.15) is 0 Å². The summed E-state index contributed by atoms with van der Waals surface area (Å²) in [4.78, 5) is 13.0. The van der Waals surface area contributed by atoms with E-state index in [1.807, 2.05) is 12.4 Å². The fourth-order valence-corrected chi connectivity index (χ4v) is 2.74. The van der Waals surface area contributed by atoms with E-state index in [0.29, 0.717) is 12.6 Å². The fraction of sp³-hybridized carbons (Fsp3) is 0.500. The Morgan fingerprint density at radius 2 is 2.50 bits per heavy atom. The summed E-state index contributed by atoms with van der Waals surface area (Å²) in [5.74, 6) is -0.875. The molecular weight excluding hydrogens is 198 g/mol. The molecule has 0 aromatic carbocycles. The van der Waals surface area contributed by atoms with Gasteiger partial charge in [-0.3, -0.25) is 9.69 Å². The van der Waals surface area contributed by atoms with E-state index in [1.165, 1.54) is 5.56 Å². The van der Waals surface area contributed by atoms with Crippen molar-refractivity contribution in [3.05, 3.63) is 22.4 Å². The molecule has 1 aliphatic heterocycles. The summed E-state index contributed by atoms with van der Waals surface area (Å²) in [6.07, 6.45) is 0.739. The topological polar surface area (TPSA) is 40.5 Å². The summed E-state index contributed by atoms with van der Waals surface area (Å²) in [6, 6.07) is 2.37. The smallest absolute Gasteiger partial charge is 0.307 e. The molecule has 1 fully saturated rings. The highest BCUT2D eigenvalue weighted by molar-refractivity contribution is 7.07. The number of rotatable bonds is 2. The summed E-state index contributed by atoms with van der Waals surface area (Å²) < 4.78 is 0. The summed E-state index contributed by atoms with van der Waals surface area (Å²) in [5, 5.41) is 13.1. The molecule has 3 nitrogen and oxygen atoms in total. The minimum Gasteiger partial charge on any atom is -0.481 e. The number of aliphatic carboxylic acids is 1. The third-order valence-corrected chi connectivity index (χ3v) is 3.53. The number of carboxylic acids is 1. The SMILES string of the molecule is CN1C[C@@H](C(=O)O)C[C@H]1c1ccsc1. The lowest BCUT2D eigenvalue weighted by Crippen LogP contribution is -2.20. The number of nitrogens with zero attached hydrogens (tertiary/aromatic N) is 1. The van der Waals surface area contributed by atoms with Crippen LogP contribution in [-0.4, -0.2) is 29.6 Å². The number of hydrogen-bond donors (Lipinski definition) is 1. The first kappa shape index (κ1) is 9.68. The van der Waals surface area contributed by atoms with E-state index in [9.17, 15) is 4.79 Å². The van der Waals surface area contributed by atoms with Crippen molar-refractivity contribution in [2.75, 3.05) is 13.6 Å². The quantitative estimate of drug-likeness (QED) is 0.811. The average Bonchev–Trinajstić information content (AvgIpc) is 2.71. The Bertz CT molecular complexity index is 323. The maximum atomic E-state index is 10.8. The highest BCUT2D eigenvalue weighted by Crippen LogP contribution is 2.34. The largest absolute Gasteiger partial charge is 0.481 e. The minimum atomic E-state index is -0.672. The van der Waals surface area contributed by atoms with Crippen LogP contribution in [0.2, 0.25) is 0 Å². The van der Waals surface area contributed by atoms with E-state index < -0.39 is 5.97 Å². The van der Waals surface area contributed by atoms with Crippen molar-refractivity contribution in [3.8, 4) is 0 Å². The van der Waals surface area contributed by atoms with E-state index in [4.69, 9.17) is 5.11 Å². The Morgan fingerprint density at radius 3 is 3.00 bits per heavy atom. The van der Waals surface area contributed by atoms with Gasteiger partial charge in [0.15, 0.2) is 0 Å². The Hall–Kier alpha value is -0.870. The van der Waals surface area contributed by atoms with Gasteiger partial charge in [-0.2, -0.15) is 11.3 Å². The van der Waals surface area contributed by atoms with Crippen LogP contribution in [-0.2, 0) is 4.79 Å². The zero-order chi connectivity index (χ0) is 10.1. The molecule has 0 spiro atoms. The Balaban J connectivity index is 2.12. The molecule has 2 atom stereocenters. The van der Waals surface area contributed by atoms with Crippen LogP contribution in [0.5, 0.6) is 0 Å². The molecule has 14 heavy (non-hydrogen) atoms. The maximum absolute atomic E-state index is 10.8. The van der Waals surface area contributed by atoms with Gasteiger partial charge in [0.2, 0.25) is 0 Å². The molecule has 4 heteroatoms. The fourth-order valence-electron chi connectivity index (χ4n) is 2.03. The molecule has 1 N–H and O–H groups in total. The summed E-state index contributed by atoms with van der Waals surface area (Å²) in [6.45, 7) is 0.663. The Labute approximate surface area is 87.0 Å². The molecule has 76 valence electrons. The molecular formula is C10H13NO2S. The second-order valence-electron chi connectivity index (χ2n) is 3.78. The zero-order valence-corrected chi connectivity index (χ0v) is 8.83. The standard InChI is InChI=1S/C10H13NO2S/c1-11-5-8(10(12)13)4-9(11)7-2-3-14-6-7/h2-3,6,8-9H,4-5H2,1H3,(H,12,13)/t8-,9-/m0/s1. The lowest BCUT2D eigenvalue weighted by Gasteiger charge is -2.17. The predicted molar refractivity (Wildman–Crippen MR) is 55.4 cm³/mol. The number of likely N-dealkylation sites (tertiary alicyclic amines) is 1. The lowest BCUT2D eigenvalue weighted by atomic mass is 10.0. The van der Waals surface area contributed by atoms with E-state index in [2.05, 4.69) is 16.3 Å².